The number of thiazole rings is 1. The first-order valence-corrected chi connectivity index (χ1v) is 6.24. The fraction of sp³-hybridized carbons (Fsp3) is 0.545. The zero-order valence-electron chi connectivity index (χ0n) is 9.26. The van der Waals surface area contributed by atoms with Gasteiger partial charge in [0.25, 0.3) is 0 Å². The van der Waals surface area contributed by atoms with Crippen LogP contribution < -0.4 is 0 Å². The Morgan fingerprint density at radius 2 is 2.19 bits per heavy atom. The minimum absolute atomic E-state index is 0.00875. The van der Waals surface area contributed by atoms with Crippen LogP contribution >= 0.6 is 11.3 Å². The van der Waals surface area contributed by atoms with E-state index in [1.54, 1.807) is 11.3 Å². The Labute approximate surface area is 98.2 Å². The average Bonchev–Trinajstić information content (AvgIpc) is 2.86. The number of imidazole rings is 1. The first-order chi connectivity index (χ1) is 7.73. The highest BCUT2D eigenvalue weighted by Crippen LogP contribution is 2.26. The molecule has 0 atom stereocenters. The first kappa shape index (κ1) is 11.6. The smallest absolute Gasteiger partial charge is 0.193 e. The van der Waals surface area contributed by atoms with Crippen molar-refractivity contribution in [2.24, 2.45) is 5.41 Å². The van der Waals surface area contributed by atoms with Crippen molar-refractivity contribution in [1.82, 2.24) is 9.38 Å². The summed E-state index contributed by atoms with van der Waals surface area (Å²) in [5.74, 6) is 0. The Hall–Kier alpha value is -0.910. The second kappa shape index (κ2) is 4.53. The van der Waals surface area contributed by atoms with Crippen molar-refractivity contribution in [2.45, 2.75) is 19.8 Å². The van der Waals surface area contributed by atoms with Crippen LogP contribution in [0.3, 0.4) is 0 Å². The molecular formula is C11H16N2O2S. The molecule has 0 fully saturated rings. The molecule has 0 saturated carbocycles. The highest BCUT2D eigenvalue weighted by Gasteiger charge is 2.28. The van der Waals surface area contributed by atoms with Crippen molar-refractivity contribution in [3.63, 3.8) is 0 Å². The third kappa shape index (κ3) is 1.98. The van der Waals surface area contributed by atoms with Crippen molar-refractivity contribution in [3.05, 3.63) is 23.5 Å². The van der Waals surface area contributed by atoms with Crippen molar-refractivity contribution in [3.8, 4) is 0 Å². The van der Waals surface area contributed by atoms with E-state index in [0.717, 1.165) is 17.1 Å². The summed E-state index contributed by atoms with van der Waals surface area (Å²) < 4.78 is 1.97. The molecule has 88 valence electrons. The van der Waals surface area contributed by atoms with Gasteiger partial charge in [-0.2, -0.15) is 0 Å². The number of rotatable bonds is 5. The van der Waals surface area contributed by atoms with Gasteiger partial charge in [-0.25, -0.2) is 4.98 Å². The maximum atomic E-state index is 9.37. The lowest BCUT2D eigenvalue weighted by Gasteiger charge is -2.27. The number of hydrogen-bond acceptors (Lipinski definition) is 4. The van der Waals surface area contributed by atoms with Gasteiger partial charge in [-0.15, -0.1) is 11.3 Å². The number of hydrogen-bond donors (Lipinski definition) is 2. The van der Waals surface area contributed by atoms with E-state index in [1.165, 1.54) is 0 Å². The summed E-state index contributed by atoms with van der Waals surface area (Å²) in [5, 5.41) is 20.7. The van der Waals surface area contributed by atoms with E-state index < -0.39 is 5.41 Å². The molecule has 2 aromatic heterocycles. The van der Waals surface area contributed by atoms with Crippen LogP contribution in [0.1, 0.15) is 19.0 Å². The van der Waals surface area contributed by atoms with E-state index in [2.05, 4.69) is 4.98 Å². The van der Waals surface area contributed by atoms with Gasteiger partial charge in [-0.05, 0) is 6.42 Å². The molecule has 0 bridgehead atoms. The van der Waals surface area contributed by atoms with Crippen molar-refractivity contribution >= 4 is 16.3 Å². The zero-order chi connectivity index (χ0) is 11.6. The number of aliphatic hydroxyl groups excluding tert-OH is 2. The van der Waals surface area contributed by atoms with Crippen molar-refractivity contribution in [1.29, 1.82) is 0 Å². The molecule has 2 N–H and O–H groups in total. The number of fused-ring (bicyclic) bond motifs is 1. The van der Waals surface area contributed by atoms with Crippen LogP contribution in [-0.4, -0.2) is 32.8 Å². The quantitative estimate of drug-likeness (QED) is 0.828. The van der Waals surface area contributed by atoms with Crippen LogP contribution in [0.4, 0.5) is 0 Å². The molecule has 0 aliphatic rings. The SMILES string of the molecule is CCC(CO)(CO)Cc1cn2ccsc2n1. The van der Waals surface area contributed by atoms with Crippen LogP contribution in [0.2, 0.25) is 0 Å². The standard InChI is InChI=1S/C11H16N2O2S/c1-2-11(7-14,8-15)5-9-6-13-3-4-16-10(13)12-9/h3-4,6,14-15H,2,5,7-8H2,1H3. The first-order valence-electron chi connectivity index (χ1n) is 5.36. The fourth-order valence-electron chi connectivity index (χ4n) is 1.76. The maximum absolute atomic E-state index is 9.37. The summed E-state index contributed by atoms with van der Waals surface area (Å²) in [4.78, 5) is 5.42. The molecule has 2 aromatic rings. The third-order valence-corrected chi connectivity index (χ3v) is 3.89. The molecule has 0 aromatic carbocycles. The van der Waals surface area contributed by atoms with E-state index in [0.29, 0.717) is 6.42 Å². The number of nitrogens with zero attached hydrogens (tertiary/aromatic N) is 2. The second-order valence-corrected chi connectivity index (χ2v) is 5.04. The summed E-state index contributed by atoms with van der Waals surface area (Å²) in [6.45, 7) is 1.96. The monoisotopic (exact) mass is 240 g/mol. The van der Waals surface area contributed by atoms with Crippen LogP contribution in [0.25, 0.3) is 4.96 Å². The lowest BCUT2D eigenvalue weighted by atomic mass is 9.82. The Bertz CT molecular complexity index is 422. The fourth-order valence-corrected chi connectivity index (χ4v) is 2.47. The van der Waals surface area contributed by atoms with E-state index in [9.17, 15) is 10.2 Å². The number of aliphatic hydroxyl groups is 2. The van der Waals surface area contributed by atoms with Crippen molar-refractivity contribution < 1.29 is 10.2 Å². The molecule has 0 radical (unpaired) electrons. The molecule has 16 heavy (non-hydrogen) atoms. The minimum Gasteiger partial charge on any atom is -0.396 e. The molecule has 0 saturated heterocycles. The normalized spacial score (nSPS) is 12.4. The van der Waals surface area contributed by atoms with Gasteiger partial charge in [0.05, 0.1) is 18.9 Å². The number of aromatic nitrogens is 2. The highest BCUT2D eigenvalue weighted by molar-refractivity contribution is 7.15. The molecule has 0 aliphatic carbocycles. The van der Waals surface area contributed by atoms with Crippen molar-refractivity contribution in [2.75, 3.05) is 13.2 Å². The van der Waals surface area contributed by atoms with Crippen LogP contribution in [0.15, 0.2) is 17.8 Å². The predicted octanol–water partition coefficient (Wildman–Crippen LogP) is 1.32. The molecular weight excluding hydrogens is 224 g/mol. The van der Waals surface area contributed by atoms with E-state index >= 15 is 0 Å². The molecule has 2 rings (SSSR count). The van der Waals surface area contributed by atoms with Crippen LogP contribution in [-0.2, 0) is 6.42 Å². The maximum Gasteiger partial charge on any atom is 0.193 e. The van der Waals surface area contributed by atoms with E-state index in [-0.39, 0.29) is 13.2 Å². The van der Waals surface area contributed by atoms with Gasteiger partial charge in [-0.3, -0.25) is 4.40 Å². The summed E-state index contributed by atoms with van der Waals surface area (Å²) in [5.41, 5.74) is 0.487. The molecule has 0 unspecified atom stereocenters. The van der Waals surface area contributed by atoms with Crippen LogP contribution in [0.5, 0.6) is 0 Å². The zero-order valence-corrected chi connectivity index (χ0v) is 10.1. The molecule has 0 amide bonds. The average molecular weight is 240 g/mol. The predicted molar refractivity (Wildman–Crippen MR) is 63.7 cm³/mol. The highest BCUT2D eigenvalue weighted by atomic mass is 32.1. The lowest BCUT2D eigenvalue weighted by molar-refractivity contribution is 0.0507. The van der Waals surface area contributed by atoms with Gasteiger partial charge >= 0.3 is 0 Å². The molecule has 4 nitrogen and oxygen atoms in total. The summed E-state index contributed by atoms with van der Waals surface area (Å²) >= 11 is 1.58. The van der Waals surface area contributed by atoms with E-state index in [1.807, 2.05) is 29.1 Å². The molecule has 5 heteroatoms. The Balaban J connectivity index is 2.22. The van der Waals surface area contributed by atoms with Gasteiger partial charge in [-0.1, -0.05) is 6.92 Å². The van der Waals surface area contributed by atoms with E-state index in [4.69, 9.17) is 0 Å². The minimum atomic E-state index is -0.440. The second-order valence-electron chi connectivity index (χ2n) is 4.17. The third-order valence-electron chi connectivity index (χ3n) is 3.12. The topological polar surface area (TPSA) is 57.8 Å². The molecule has 0 aliphatic heterocycles. The Morgan fingerprint density at radius 3 is 2.75 bits per heavy atom. The molecule has 2 heterocycles. The summed E-state index contributed by atoms with van der Waals surface area (Å²) in [6.07, 6.45) is 5.28. The van der Waals surface area contributed by atoms with Gasteiger partial charge in [0.1, 0.15) is 0 Å². The van der Waals surface area contributed by atoms with Crippen LogP contribution in [0, 0.1) is 5.41 Å². The largest absolute Gasteiger partial charge is 0.396 e. The Morgan fingerprint density at radius 1 is 1.44 bits per heavy atom. The molecule has 0 spiro atoms. The Kier molecular flexibility index (Phi) is 3.28. The van der Waals surface area contributed by atoms with Gasteiger partial charge in [0.15, 0.2) is 4.96 Å². The summed E-state index contributed by atoms with van der Waals surface area (Å²) in [6, 6.07) is 0. The van der Waals surface area contributed by atoms with Gasteiger partial charge < -0.3 is 10.2 Å². The summed E-state index contributed by atoms with van der Waals surface area (Å²) in [7, 11) is 0. The lowest BCUT2D eigenvalue weighted by Crippen LogP contribution is -2.31. The van der Waals surface area contributed by atoms with Gasteiger partial charge in [0, 0.05) is 29.6 Å². The van der Waals surface area contributed by atoms with Gasteiger partial charge in [0.2, 0.25) is 0 Å².